The van der Waals surface area contributed by atoms with Gasteiger partial charge in [-0.3, -0.25) is 4.90 Å². The smallest absolute Gasteiger partial charge is 0.226 e. The topological polar surface area (TPSA) is 50.9 Å². The lowest BCUT2D eigenvalue weighted by atomic mass is 9.93. The average molecular weight is 283 g/mol. The maximum absolute atomic E-state index is 5.83. The zero-order chi connectivity index (χ0) is 14.1. The predicted octanol–water partition coefficient (Wildman–Crippen LogP) is 2.55. The zero-order valence-electron chi connectivity index (χ0n) is 11.7. The van der Waals surface area contributed by atoms with Gasteiger partial charge in [0.2, 0.25) is 5.89 Å². The molecule has 2 aliphatic rings. The fraction of sp³-hybridized carbons (Fsp3) is 0.375. The van der Waals surface area contributed by atoms with Crippen molar-refractivity contribution in [2.75, 3.05) is 19.7 Å². The highest BCUT2D eigenvalue weighted by molar-refractivity contribution is 5.88. The second-order valence-electron chi connectivity index (χ2n) is 5.55. The molecule has 108 valence electrons. The minimum absolute atomic E-state index is 0.559. The van der Waals surface area contributed by atoms with Crippen LogP contribution in [0.15, 0.2) is 46.1 Å². The summed E-state index contributed by atoms with van der Waals surface area (Å²) in [6.45, 7) is 3.62. The van der Waals surface area contributed by atoms with Crippen molar-refractivity contribution in [1.82, 2.24) is 9.88 Å². The molecule has 0 aliphatic carbocycles. The fourth-order valence-electron chi connectivity index (χ4n) is 2.83. The van der Waals surface area contributed by atoms with Crippen LogP contribution in [0, 0.1) is 5.92 Å². The lowest BCUT2D eigenvalue weighted by Crippen LogP contribution is -2.49. The molecule has 21 heavy (non-hydrogen) atoms. The summed E-state index contributed by atoms with van der Waals surface area (Å²) in [5, 5.41) is 4.10. The molecule has 3 heterocycles. The molecular formula is C16H17N3O2. The van der Waals surface area contributed by atoms with Gasteiger partial charge in [0.1, 0.15) is 12.4 Å². The molecule has 1 aromatic heterocycles. The third-order valence-electron chi connectivity index (χ3n) is 4.01. The Morgan fingerprint density at radius 2 is 2.05 bits per heavy atom. The SMILES string of the molecule is c1ccc(-c2ncc(CN3CC(C4=NOCC4)C3)o2)cc1. The Kier molecular flexibility index (Phi) is 3.20. The molecule has 0 atom stereocenters. The highest BCUT2D eigenvalue weighted by Gasteiger charge is 2.33. The molecule has 0 spiro atoms. The molecule has 4 rings (SSSR count). The molecule has 2 aliphatic heterocycles. The summed E-state index contributed by atoms with van der Waals surface area (Å²) in [5.41, 5.74) is 2.23. The Morgan fingerprint density at radius 3 is 2.81 bits per heavy atom. The van der Waals surface area contributed by atoms with Crippen LogP contribution in [0.1, 0.15) is 12.2 Å². The first-order valence-corrected chi connectivity index (χ1v) is 7.30. The Balaban J connectivity index is 1.35. The predicted molar refractivity (Wildman–Crippen MR) is 78.7 cm³/mol. The lowest BCUT2D eigenvalue weighted by Gasteiger charge is -2.38. The number of oxazole rings is 1. The van der Waals surface area contributed by atoms with Crippen LogP contribution < -0.4 is 0 Å². The van der Waals surface area contributed by atoms with Crippen LogP contribution >= 0.6 is 0 Å². The molecule has 0 radical (unpaired) electrons. The first-order chi connectivity index (χ1) is 10.4. The number of hydrogen-bond donors (Lipinski definition) is 0. The van der Waals surface area contributed by atoms with Crippen LogP contribution in [0.4, 0.5) is 0 Å². The van der Waals surface area contributed by atoms with Gasteiger partial charge < -0.3 is 9.25 Å². The third kappa shape index (κ3) is 2.56. The second-order valence-corrected chi connectivity index (χ2v) is 5.55. The normalized spacial score (nSPS) is 19.1. The van der Waals surface area contributed by atoms with Gasteiger partial charge in [0.15, 0.2) is 0 Å². The van der Waals surface area contributed by atoms with Crippen LogP contribution in [0.2, 0.25) is 0 Å². The maximum atomic E-state index is 5.83. The highest BCUT2D eigenvalue weighted by Crippen LogP contribution is 2.25. The fourth-order valence-corrected chi connectivity index (χ4v) is 2.83. The van der Waals surface area contributed by atoms with E-state index in [0.29, 0.717) is 11.8 Å². The van der Waals surface area contributed by atoms with E-state index in [1.54, 1.807) is 0 Å². The molecule has 0 saturated carbocycles. The minimum Gasteiger partial charge on any atom is -0.440 e. The molecule has 5 nitrogen and oxygen atoms in total. The number of rotatable bonds is 4. The summed E-state index contributed by atoms with van der Waals surface area (Å²) >= 11 is 0. The van der Waals surface area contributed by atoms with E-state index in [2.05, 4.69) is 15.0 Å². The standard InChI is InChI=1S/C16H17N3O2/c1-2-4-12(5-3-1)16-17-8-14(21-16)11-19-9-13(10-19)15-6-7-20-18-15/h1-5,8,13H,6-7,9-11H2. The van der Waals surface area contributed by atoms with E-state index in [-0.39, 0.29) is 0 Å². The molecule has 1 saturated heterocycles. The quantitative estimate of drug-likeness (QED) is 0.865. The van der Waals surface area contributed by atoms with E-state index < -0.39 is 0 Å². The van der Waals surface area contributed by atoms with Gasteiger partial charge in [0.25, 0.3) is 0 Å². The average Bonchev–Trinajstić information content (AvgIpc) is 3.15. The van der Waals surface area contributed by atoms with Crippen molar-refractivity contribution in [1.29, 1.82) is 0 Å². The van der Waals surface area contributed by atoms with Crippen molar-refractivity contribution in [2.45, 2.75) is 13.0 Å². The Labute approximate surface area is 123 Å². The largest absolute Gasteiger partial charge is 0.440 e. The van der Waals surface area contributed by atoms with E-state index in [4.69, 9.17) is 9.25 Å². The van der Waals surface area contributed by atoms with Crippen molar-refractivity contribution in [3.8, 4) is 11.5 Å². The van der Waals surface area contributed by atoms with Gasteiger partial charge in [0, 0.05) is 31.0 Å². The number of likely N-dealkylation sites (tertiary alicyclic amines) is 1. The van der Waals surface area contributed by atoms with Gasteiger partial charge in [-0.05, 0) is 12.1 Å². The summed E-state index contributed by atoms with van der Waals surface area (Å²) in [6.07, 6.45) is 2.81. The number of aromatic nitrogens is 1. The first-order valence-electron chi connectivity index (χ1n) is 7.30. The molecular weight excluding hydrogens is 266 g/mol. The Bertz CT molecular complexity index is 645. The summed E-state index contributed by atoms with van der Waals surface area (Å²) < 4.78 is 5.83. The van der Waals surface area contributed by atoms with Gasteiger partial charge in [-0.15, -0.1) is 0 Å². The monoisotopic (exact) mass is 283 g/mol. The molecule has 0 amide bonds. The van der Waals surface area contributed by atoms with Crippen molar-refractivity contribution >= 4 is 5.71 Å². The van der Waals surface area contributed by atoms with Crippen molar-refractivity contribution in [3.05, 3.63) is 42.3 Å². The van der Waals surface area contributed by atoms with E-state index in [1.807, 2.05) is 36.5 Å². The van der Waals surface area contributed by atoms with Gasteiger partial charge >= 0.3 is 0 Å². The van der Waals surface area contributed by atoms with Crippen LogP contribution in [-0.2, 0) is 11.4 Å². The van der Waals surface area contributed by atoms with E-state index >= 15 is 0 Å². The Hall–Kier alpha value is -2.14. The van der Waals surface area contributed by atoms with Crippen molar-refractivity contribution in [3.63, 3.8) is 0 Å². The van der Waals surface area contributed by atoms with Gasteiger partial charge in [-0.25, -0.2) is 4.98 Å². The van der Waals surface area contributed by atoms with Crippen LogP contribution in [-0.4, -0.2) is 35.3 Å². The van der Waals surface area contributed by atoms with Gasteiger partial charge in [-0.2, -0.15) is 0 Å². The molecule has 0 bridgehead atoms. The third-order valence-corrected chi connectivity index (χ3v) is 4.01. The highest BCUT2D eigenvalue weighted by atomic mass is 16.6. The van der Waals surface area contributed by atoms with E-state index in [1.165, 1.54) is 5.71 Å². The maximum Gasteiger partial charge on any atom is 0.226 e. The first kappa shape index (κ1) is 12.6. The molecule has 0 N–H and O–H groups in total. The lowest BCUT2D eigenvalue weighted by molar-refractivity contribution is 0.121. The number of nitrogens with zero attached hydrogens (tertiary/aromatic N) is 3. The number of hydrogen-bond acceptors (Lipinski definition) is 5. The van der Waals surface area contributed by atoms with E-state index in [0.717, 1.165) is 44.0 Å². The zero-order valence-corrected chi connectivity index (χ0v) is 11.7. The molecule has 2 aromatic rings. The second kappa shape index (κ2) is 5.33. The molecule has 1 fully saturated rings. The van der Waals surface area contributed by atoms with Gasteiger partial charge in [-0.1, -0.05) is 23.4 Å². The molecule has 1 aromatic carbocycles. The summed E-state index contributed by atoms with van der Waals surface area (Å²) in [5.74, 6) is 2.16. The summed E-state index contributed by atoms with van der Waals surface area (Å²) in [4.78, 5) is 11.8. The van der Waals surface area contributed by atoms with Crippen molar-refractivity contribution in [2.24, 2.45) is 11.1 Å². The number of oxime groups is 1. The number of benzene rings is 1. The van der Waals surface area contributed by atoms with Gasteiger partial charge in [0.05, 0.1) is 18.5 Å². The van der Waals surface area contributed by atoms with Crippen LogP contribution in [0.3, 0.4) is 0 Å². The van der Waals surface area contributed by atoms with E-state index in [9.17, 15) is 0 Å². The minimum atomic E-state index is 0.559. The van der Waals surface area contributed by atoms with Crippen molar-refractivity contribution < 1.29 is 9.25 Å². The summed E-state index contributed by atoms with van der Waals surface area (Å²) in [7, 11) is 0. The molecule has 5 heteroatoms. The molecule has 0 unspecified atom stereocenters. The summed E-state index contributed by atoms with van der Waals surface area (Å²) in [6, 6.07) is 9.98. The van der Waals surface area contributed by atoms with Crippen LogP contribution in [0.5, 0.6) is 0 Å². The Morgan fingerprint density at radius 1 is 1.19 bits per heavy atom. The van der Waals surface area contributed by atoms with Crippen LogP contribution in [0.25, 0.3) is 11.5 Å².